The van der Waals surface area contributed by atoms with E-state index in [0.717, 1.165) is 18.3 Å². The summed E-state index contributed by atoms with van der Waals surface area (Å²) in [5, 5.41) is 1.30. The van der Waals surface area contributed by atoms with E-state index >= 15 is 0 Å². The highest BCUT2D eigenvalue weighted by Crippen LogP contribution is 2.49. The molecule has 1 aliphatic rings. The van der Waals surface area contributed by atoms with Gasteiger partial charge in [0.2, 0.25) is 0 Å². The van der Waals surface area contributed by atoms with Crippen LogP contribution in [0.5, 0.6) is 5.75 Å². The first-order chi connectivity index (χ1) is 14.1. The maximum Gasteiger partial charge on any atom is 0.131 e. The summed E-state index contributed by atoms with van der Waals surface area (Å²) in [5.74, 6) is 1.10. The summed E-state index contributed by atoms with van der Waals surface area (Å²) in [6, 6.07) is 24.4. The van der Waals surface area contributed by atoms with Crippen molar-refractivity contribution >= 4 is 13.5 Å². The molecular weight excluding hydrogens is 383 g/mol. The molecule has 0 saturated heterocycles. The van der Waals surface area contributed by atoms with Crippen molar-refractivity contribution in [2.24, 2.45) is 0 Å². The SMILES string of the molecule is CC(C)(C)c1cccc2c1CP(c1ccccc1)Oc1c(cccc1C(C)(C)C)C2. The van der Waals surface area contributed by atoms with Gasteiger partial charge in [0.1, 0.15) is 13.9 Å². The maximum atomic E-state index is 6.97. The van der Waals surface area contributed by atoms with Gasteiger partial charge in [-0.1, -0.05) is 108 Å². The first kappa shape index (κ1) is 21.1. The summed E-state index contributed by atoms with van der Waals surface area (Å²) < 4.78 is 6.97. The lowest BCUT2D eigenvalue weighted by molar-refractivity contribution is 0.531. The van der Waals surface area contributed by atoms with Crippen molar-refractivity contribution < 1.29 is 4.52 Å². The average molecular weight is 417 g/mol. The van der Waals surface area contributed by atoms with Crippen LogP contribution >= 0.6 is 8.15 Å². The topological polar surface area (TPSA) is 9.23 Å². The van der Waals surface area contributed by atoms with Gasteiger partial charge in [-0.3, -0.25) is 0 Å². The minimum Gasteiger partial charge on any atom is -0.468 e. The molecule has 0 N–H and O–H groups in total. The molecule has 0 radical (unpaired) electrons. The van der Waals surface area contributed by atoms with E-state index < -0.39 is 8.15 Å². The summed E-state index contributed by atoms with van der Waals surface area (Å²) in [5.41, 5.74) is 7.13. The highest BCUT2D eigenvalue weighted by atomic mass is 31.1. The van der Waals surface area contributed by atoms with Crippen LogP contribution in [0, 0.1) is 0 Å². The van der Waals surface area contributed by atoms with Crippen LogP contribution in [0.4, 0.5) is 0 Å². The Labute approximate surface area is 183 Å². The third kappa shape index (κ3) is 4.19. The van der Waals surface area contributed by atoms with E-state index in [4.69, 9.17) is 4.52 Å². The highest BCUT2D eigenvalue weighted by Gasteiger charge is 2.30. The van der Waals surface area contributed by atoms with E-state index in [1.54, 1.807) is 0 Å². The molecule has 1 atom stereocenters. The van der Waals surface area contributed by atoms with E-state index in [1.165, 1.54) is 33.1 Å². The quantitative estimate of drug-likeness (QED) is 0.374. The van der Waals surface area contributed by atoms with Crippen molar-refractivity contribution in [3.05, 3.63) is 94.5 Å². The zero-order valence-corrected chi connectivity index (χ0v) is 20.0. The minimum atomic E-state index is -0.810. The molecule has 2 heteroatoms. The zero-order chi connectivity index (χ0) is 21.5. The van der Waals surface area contributed by atoms with Gasteiger partial charge >= 0.3 is 0 Å². The van der Waals surface area contributed by atoms with Gasteiger partial charge in [-0.2, -0.15) is 0 Å². The molecule has 0 amide bonds. The highest BCUT2D eigenvalue weighted by molar-refractivity contribution is 7.60. The zero-order valence-electron chi connectivity index (χ0n) is 19.1. The van der Waals surface area contributed by atoms with Gasteiger partial charge in [0.25, 0.3) is 0 Å². The third-order valence-electron chi connectivity index (χ3n) is 5.91. The molecule has 0 fully saturated rings. The number of rotatable bonds is 1. The number of benzene rings is 3. The lowest BCUT2D eigenvalue weighted by atomic mass is 9.81. The summed E-state index contributed by atoms with van der Waals surface area (Å²) in [7, 11) is -0.810. The third-order valence-corrected chi connectivity index (χ3v) is 7.79. The van der Waals surface area contributed by atoms with Gasteiger partial charge in [0.05, 0.1) is 0 Å². The second-order valence-corrected chi connectivity index (χ2v) is 12.1. The standard InChI is InChI=1S/C28H33OP/c1-27(2,3)24-16-10-12-20-18-21-13-11-17-25(28(4,5)6)26(21)29-30(19-23(20)24)22-14-8-7-9-15-22/h7-17H,18-19H2,1-6H3. The smallest absolute Gasteiger partial charge is 0.131 e. The fourth-order valence-corrected chi connectivity index (χ4v) is 6.30. The van der Waals surface area contributed by atoms with Crippen LogP contribution in [0.3, 0.4) is 0 Å². The molecule has 3 aromatic carbocycles. The summed E-state index contributed by atoms with van der Waals surface area (Å²) in [6.07, 6.45) is 1.89. The average Bonchev–Trinajstić information content (AvgIpc) is 2.66. The normalized spacial score (nSPS) is 16.7. The fraction of sp³-hybridized carbons (Fsp3) is 0.357. The van der Waals surface area contributed by atoms with Crippen LogP contribution in [0.25, 0.3) is 0 Å². The maximum absolute atomic E-state index is 6.97. The van der Waals surface area contributed by atoms with Gasteiger partial charge in [0, 0.05) is 23.5 Å². The van der Waals surface area contributed by atoms with E-state index in [9.17, 15) is 0 Å². The molecule has 0 aliphatic carbocycles. The van der Waals surface area contributed by atoms with Crippen LogP contribution in [-0.4, -0.2) is 0 Å². The Morgan fingerprint density at radius 3 is 1.90 bits per heavy atom. The second kappa shape index (κ2) is 7.86. The summed E-state index contributed by atoms with van der Waals surface area (Å²) in [6.45, 7) is 13.8. The molecule has 1 aliphatic heterocycles. The van der Waals surface area contributed by atoms with Crippen molar-refractivity contribution in [1.29, 1.82) is 0 Å². The lowest BCUT2D eigenvalue weighted by Crippen LogP contribution is -2.20. The summed E-state index contributed by atoms with van der Waals surface area (Å²) in [4.78, 5) is 0. The molecule has 1 heterocycles. The molecule has 156 valence electrons. The molecule has 1 unspecified atom stereocenters. The first-order valence-corrected chi connectivity index (χ1v) is 12.3. The first-order valence-electron chi connectivity index (χ1n) is 10.9. The Bertz CT molecular complexity index is 973. The van der Waals surface area contributed by atoms with Gasteiger partial charge in [-0.25, -0.2) is 0 Å². The minimum absolute atomic E-state index is 0.0400. The largest absolute Gasteiger partial charge is 0.468 e. The van der Waals surface area contributed by atoms with Crippen LogP contribution in [0.2, 0.25) is 0 Å². The lowest BCUT2D eigenvalue weighted by Gasteiger charge is -2.33. The van der Waals surface area contributed by atoms with Crippen molar-refractivity contribution in [1.82, 2.24) is 0 Å². The van der Waals surface area contributed by atoms with Crippen LogP contribution < -0.4 is 9.83 Å². The van der Waals surface area contributed by atoms with Crippen molar-refractivity contribution in [3.8, 4) is 5.75 Å². The van der Waals surface area contributed by atoms with Crippen LogP contribution in [0.1, 0.15) is 69.4 Å². The number of fused-ring (bicyclic) bond motifs is 2. The van der Waals surface area contributed by atoms with Crippen molar-refractivity contribution in [2.75, 3.05) is 0 Å². The van der Waals surface area contributed by atoms with Gasteiger partial charge in [0.15, 0.2) is 0 Å². The molecule has 4 rings (SSSR count). The second-order valence-electron chi connectivity index (χ2n) is 10.4. The monoisotopic (exact) mass is 416 g/mol. The predicted molar refractivity (Wildman–Crippen MR) is 130 cm³/mol. The molecule has 0 aromatic heterocycles. The predicted octanol–water partition coefficient (Wildman–Crippen LogP) is 7.49. The van der Waals surface area contributed by atoms with Gasteiger partial charge in [-0.15, -0.1) is 0 Å². The Kier molecular flexibility index (Phi) is 5.54. The Morgan fingerprint density at radius 2 is 1.27 bits per heavy atom. The van der Waals surface area contributed by atoms with Crippen molar-refractivity contribution in [2.45, 2.75) is 65.0 Å². The molecule has 3 aromatic rings. The van der Waals surface area contributed by atoms with E-state index in [1.807, 2.05) is 0 Å². The van der Waals surface area contributed by atoms with Crippen LogP contribution in [-0.2, 0) is 23.4 Å². The molecule has 1 nitrogen and oxygen atoms in total. The molecule has 0 spiro atoms. The van der Waals surface area contributed by atoms with E-state index in [0.29, 0.717) is 0 Å². The van der Waals surface area contributed by atoms with Gasteiger partial charge < -0.3 is 4.52 Å². The Balaban J connectivity index is 1.95. The van der Waals surface area contributed by atoms with E-state index in [-0.39, 0.29) is 10.8 Å². The van der Waals surface area contributed by atoms with Crippen molar-refractivity contribution in [3.63, 3.8) is 0 Å². The molecular formula is C28H33OP. The molecule has 0 saturated carbocycles. The number of hydrogen-bond acceptors (Lipinski definition) is 1. The van der Waals surface area contributed by atoms with Crippen LogP contribution in [0.15, 0.2) is 66.7 Å². The number of para-hydroxylation sites is 1. The number of hydrogen-bond donors (Lipinski definition) is 0. The fourth-order valence-electron chi connectivity index (χ4n) is 4.34. The Morgan fingerprint density at radius 1 is 0.667 bits per heavy atom. The summed E-state index contributed by atoms with van der Waals surface area (Å²) >= 11 is 0. The molecule has 0 bridgehead atoms. The molecule has 30 heavy (non-hydrogen) atoms. The van der Waals surface area contributed by atoms with E-state index in [2.05, 4.69) is 108 Å². The Hall–Kier alpha value is -2.11. The van der Waals surface area contributed by atoms with Gasteiger partial charge in [-0.05, 0) is 33.1 Å².